The molecule has 0 fully saturated rings. The smallest absolute Gasteiger partial charge is 0.171 e. The van der Waals surface area contributed by atoms with Gasteiger partial charge in [0.2, 0.25) is 0 Å². The number of aliphatic hydroxyl groups is 2. The van der Waals surface area contributed by atoms with Crippen molar-refractivity contribution in [2.45, 2.75) is 12.9 Å². The van der Waals surface area contributed by atoms with Crippen molar-refractivity contribution in [3.63, 3.8) is 0 Å². The first-order chi connectivity index (χ1) is 6.79. The van der Waals surface area contributed by atoms with E-state index in [9.17, 15) is 0 Å². The van der Waals surface area contributed by atoms with Gasteiger partial charge in [0.1, 0.15) is 0 Å². The van der Waals surface area contributed by atoms with Gasteiger partial charge in [0, 0.05) is 0 Å². The van der Waals surface area contributed by atoms with Crippen molar-refractivity contribution in [2.24, 2.45) is 0 Å². The van der Waals surface area contributed by atoms with Crippen LogP contribution in [0.2, 0.25) is 0 Å². The van der Waals surface area contributed by atoms with E-state index in [2.05, 4.69) is 0 Å². The van der Waals surface area contributed by atoms with E-state index in [1.807, 2.05) is 30.3 Å². The molecule has 1 aromatic carbocycles. The molecule has 0 saturated heterocycles. The third-order valence-electron chi connectivity index (χ3n) is 1.63. The van der Waals surface area contributed by atoms with Crippen LogP contribution in [0.5, 0.6) is 0 Å². The van der Waals surface area contributed by atoms with Gasteiger partial charge in [0.05, 0.1) is 13.2 Å². The second kappa shape index (κ2) is 6.32. The van der Waals surface area contributed by atoms with Crippen LogP contribution < -0.4 is 0 Å². The predicted molar refractivity (Wildman–Crippen MR) is 53.5 cm³/mol. The first-order valence-electron chi connectivity index (χ1n) is 4.43. The Morgan fingerprint density at radius 1 is 1.21 bits per heavy atom. The van der Waals surface area contributed by atoms with Gasteiger partial charge in [-0.05, 0) is 11.6 Å². The molecule has 0 unspecified atom stereocenters. The van der Waals surface area contributed by atoms with Crippen molar-refractivity contribution in [2.75, 3.05) is 6.61 Å². The lowest BCUT2D eigenvalue weighted by Crippen LogP contribution is -1.99. The Hall–Kier alpha value is -1.16. The molecule has 2 N–H and O–H groups in total. The third kappa shape index (κ3) is 4.77. The van der Waals surface area contributed by atoms with Crippen molar-refractivity contribution in [1.29, 1.82) is 0 Å². The van der Waals surface area contributed by atoms with Gasteiger partial charge in [-0.1, -0.05) is 36.4 Å². The van der Waals surface area contributed by atoms with E-state index in [0.717, 1.165) is 5.56 Å². The van der Waals surface area contributed by atoms with Gasteiger partial charge in [-0.15, -0.1) is 0 Å². The van der Waals surface area contributed by atoms with Crippen LogP contribution in [0.15, 0.2) is 42.5 Å². The minimum Gasteiger partial charge on any atom is -0.373 e. The Kier molecular flexibility index (Phi) is 4.93. The van der Waals surface area contributed by atoms with E-state index in [-0.39, 0.29) is 0 Å². The molecule has 1 rings (SSSR count). The second-order valence-electron chi connectivity index (χ2n) is 2.84. The molecule has 76 valence electrons. The van der Waals surface area contributed by atoms with Crippen LogP contribution in [-0.2, 0) is 11.3 Å². The van der Waals surface area contributed by atoms with E-state index < -0.39 is 6.29 Å². The fourth-order valence-electron chi connectivity index (χ4n) is 0.996. The van der Waals surface area contributed by atoms with Gasteiger partial charge in [-0.3, -0.25) is 0 Å². The molecule has 1 aromatic rings. The topological polar surface area (TPSA) is 49.7 Å². The molecule has 0 saturated carbocycles. The number of aliphatic hydroxyl groups excluding tert-OH is 1. The molecule has 0 aliphatic heterocycles. The normalized spacial score (nSPS) is 11.4. The minimum atomic E-state index is -1.39. The van der Waals surface area contributed by atoms with E-state index in [1.165, 1.54) is 6.08 Å². The highest BCUT2D eigenvalue weighted by Crippen LogP contribution is 2.00. The van der Waals surface area contributed by atoms with Crippen molar-refractivity contribution in [1.82, 2.24) is 0 Å². The van der Waals surface area contributed by atoms with E-state index in [4.69, 9.17) is 14.9 Å². The lowest BCUT2D eigenvalue weighted by Gasteiger charge is -2.00. The number of rotatable bonds is 5. The monoisotopic (exact) mass is 194 g/mol. The Labute approximate surface area is 83.3 Å². The van der Waals surface area contributed by atoms with Gasteiger partial charge in [-0.2, -0.15) is 0 Å². The number of hydrogen-bond acceptors (Lipinski definition) is 3. The highest BCUT2D eigenvalue weighted by molar-refractivity contribution is 5.13. The maximum atomic E-state index is 8.48. The summed E-state index contributed by atoms with van der Waals surface area (Å²) in [6, 6.07) is 9.80. The molecule has 0 amide bonds. The Morgan fingerprint density at radius 3 is 2.57 bits per heavy atom. The summed E-state index contributed by atoms with van der Waals surface area (Å²) in [4.78, 5) is 0. The zero-order valence-electron chi connectivity index (χ0n) is 7.84. The number of benzene rings is 1. The SMILES string of the molecule is OC(O)C=CCOCc1ccccc1. The molecule has 0 atom stereocenters. The second-order valence-corrected chi connectivity index (χ2v) is 2.84. The molecular weight excluding hydrogens is 180 g/mol. The van der Waals surface area contributed by atoms with Gasteiger partial charge in [-0.25, -0.2) is 0 Å². The zero-order valence-corrected chi connectivity index (χ0v) is 7.84. The highest BCUT2D eigenvalue weighted by Gasteiger charge is 1.90. The molecule has 14 heavy (non-hydrogen) atoms. The lowest BCUT2D eigenvalue weighted by atomic mass is 10.2. The van der Waals surface area contributed by atoms with Gasteiger partial charge >= 0.3 is 0 Å². The molecular formula is C11H14O3. The minimum absolute atomic E-state index is 0.381. The first kappa shape index (κ1) is 10.9. The lowest BCUT2D eigenvalue weighted by molar-refractivity contribution is 0.00161. The predicted octanol–water partition coefficient (Wildman–Crippen LogP) is 1.07. The molecule has 0 radical (unpaired) electrons. The molecule has 0 heterocycles. The summed E-state index contributed by atoms with van der Waals surface area (Å²) < 4.78 is 5.26. The van der Waals surface area contributed by atoms with E-state index in [1.54, 1.807) is 6.08 Å². The molecule has 0 aliphatic carbocycles. The van der Waals surface area contributed by atoms with Crippen LogP contribution in [-0.4, -0.2) is 23.1 Å². The summed E-state index contributed by atoms with van der Waals surface area (Å²) in [7, 11) is 0. The molecule has 0 spiro atoms. The molecule has 3 nitrogen and oxygen atoms in total. The summed E-state index contributed by atoms with van der Waals surface area (Å²) in [5.41, 5.74) is 1.10. The molecule has 0 aromatic heterocycles. The van der Waals surface area contributed by atoms with Crippen LogP contribution in [0, 0.1) is 0 Å². The molecule has 3 heteroatoms. The van der Waals surface area contributed by atoms with Crippen LogP contribution in [0.1, 0.15) is 5.56 Å². The standard InChI is InChI=1S/C11H14O3/c12-11(13)7-4-8-14-9-10-5-2-1-3-6-10/h1-7,11-13H,8-9H2. The van der Waals surface area contributed by atoms with Gasteiger partial charge < -0.3 is 14.9 Å². The van der Waals surface area contributed by atoms with Crippen molar-refractivity contribution in [3.05, 3.63) is 48.0 Å². The maximum Gasteiger partial charge on any atom is 0.171 e. The third-order valence-corrected chi connectivity index (χ3v) is 1.63. The Morgan fingerprint density at radius 2 is 1.93 bits per heavy atom. The van der Waals surface area contributed by atoms with Crippen LogP contribution in [0.25, 0.3) is 0 Å². The Bertz CT molecular complexity index is 267. The summed E-state index contributed by atoms with van der Waals surface area (Å²) >= 11 is 0. The van der Waals surface area contributed by atoms with Crippen LogP contribution in [0.3, 0.4) is 0 Å². The average molecular weight is 194 g/mol. The number of ether oxygens (including phenoxy) is 1. The zero-order chi connectivity index (χ0) is 10.2. The van der Waals surface area contributed by atoms with Crippen molar-refractivity contribution in [3.8, 4) is 0 Å². The van der Waals surface area contributed by atoms with Crippen LogP contribution in [0.4, 0.5) is 0 Å². The maximum absolute atomic E-state index is 8.48. The van der Waals surface area contributed by atoms with Crippen molar-refractivity contribution < 1.29 is 14.9 Å². The average Bonchev–Trinajstić information content (AvgIpc) is 2.18. The summed E-state index contributed by atoms with van der Waals surface area (Å²) in [6.45, 7) is 0.916. The molecule has 0 bridgehead atoms. The summed E-state index contributed by atoms with van der Waals surface area (Å²) in [5, 5.41) is 17.0. The largest absolute Gasteiger partial charge is 0.373 e. The van der Waals surface area contributed by atoms with Gasteiger partial charge in [0.25, 0.3) is 0 Å². The highest BCUT2D eigenvalue weighted by atomic mass is 16.5. The summed E-state index contributed by atoms with van der Waals surface area (Å²) in [5.74, 6) is 0. The van der Waals surface area contributed by atoms with Crippen molar-refractivity contribution >= 4 is 0 Å². The molecule has 0 aliphatic rings. The fourth-order valence-corrected chi connectivity index (χ4v) is 0.996. The quantitative estimate of drug-likeness (QED) is 0.419. The van der Waals surface area contributed by atoms with E-state index >= 15 is 0 Å². The summed E-state index contributed by atoms with van der Waals surface area (Å²) in [6.07, 6.45) is 1.45. The Balaban J connectivity index is 2.16. The van der Waals surface area contributed by atoms with E-state index in [0.29, 0.717) is 13.2 Å². The fraction of sp³-hybridized carbons (Fsp3) is 0.273. The number of hydrogen-bond donors (Lipinski definition) is 2. The first-order valence-corrected chi connectivity index (χ1v) is 4.43. The van der Waals surface area contributed by atoms with Crippen LogP contribution >= 0.6 is 0 Å². The van der Waals surface area contributed by atoms with Gasteiger partial charge in [0.15, 0.2) is 6.29 Å².